The summed E-state index contributed by atoms with van der Waals surface area (Å²) in [7, 11) is 0. The second kappa shape index (κ2) is 6.27. The Morgan fingerprint density at radius 1 is 1.28 bits per heavy atom. The summed E-state index contributed by atoms with van der Waals surface area (Å²) < 4.78 is 2.80. The summed E-state index contributed by atoms with van der Waals surface area (Å²) in [5, 5.41) is 21.2. The van der Waals surface area contributed by atoms with Gasteiger partial charge in [0, 0.05) is 6.54 Å². The number of nitrogens with one attached hydrogen (secondary N) is 1. The first-order valence-electron chi connectivity index (χ1n) is 7.69. The number of nitrogens with zero attached hydrogens (tertiary/aromatic N) is 3. The number of hydrogen-bond donors (Lipinski definition) is 3. The number of benzene rings is 1. The summed E-state index contributed by atoms with van der Waals surface area (Å²) >= 11 is 0. The number of carbonyl (C=O) groups excluding carboxylic acids is 1. The van der Waals surface area contributed by atoms with Gasteiger partial charge < -0.3 is 15.5 Å². The zero-order chi connectivity index (χ0) is 18.1. The fraction of sp³-hybridized carbons (Fsp3) is 0.250. The minimum absolute atomic E-state index is 0.0646. The SMILES string of the molecule is CCCn1c(=O)c(C(=O)NCC(=O)O)c(O)c2nc3ccccc3n21. The van der Waals surface area contributed by atoms with Crippen LogP contribution in [0.2, 0.25) is 0 Å². The van der Waals surface area contributed by atoms with Crippen LogP contribution in [0.4, 0.5) is 0 Å². The van der Waals surface area contributed by atoms with Crippen molar-refractivity contribution in [2.45, 2.75) is 19.9 Å². The quantitative estimate of drug-likeness (QED) is 0.621. The third kappa shape index (κ3) is 2.69. The van der Waals surface area contributed by atoms with Gasteiger partial charge in [-0.25, -0.2) is 14.2 Å². The molecule has 0 aliphatic heterocycles. The molecule has 1 amide bonds. The number of imidazole rings is 1. The summed E-state index contributed by atoms with van der Waals surface area (Å²) in [5.41, 5.74) is 0.0196. The van der Waals surface area contributed by atoms with Gasteiger partial charge in [-0.2, -0.15) is 0 Å². The monoisotopic (exact) mass is 344 g/mol. The summed E-state index contributed by atoms with van der Waals surface area (Å²) in [4.78, 5) is 39.9. The fourth-order valence-corrected chi connectivity index (χ4v) is 2.71. The molecule has 9 nitrogen and oxygen atoms in total. The highest BCUT2D eigenvalue weighted by atomic mass is 16.4. The predicted octanol–water partition coefficient (Wildman–Crippen LogP) is 0.579. The standard InChI is InChI=1S/C16H16N4O5/c1-2-7-19-16(25)12(15(24)17-8-11(21)22)13(23)14-18-9-5-3-4-6-10(9)20(14)19/h3-6,23H,2,7-8H2,1H3,(H,17,24)(H,21,22). The molecule has 1 aromatic carbocycles. The van der Waals surface area contributed by atoms with Gasteiger partial charge in [-0.3, -0.25) is 14.4 Å². The number of para-hydroxylation sites is 2. The molecule has 0 atom stereocenters. The van der Waals surface area contributed by atoms with Crippen molar-refractivity contribution in [1.82, 2.24) is 19.5 Å². The number of carboxylic acid groups (broad SMARTS) is 1. The van der Waals surface area contributed by atoms with Crippen LogP contribution < -0.4 is 10.9 Å². The Labute approximate surface area is 141 Å². The maximum Gasteiger partial charge on any atom is 0.322 e. The van der Waals surface area contributed by atoms with Crippen molar-refractivity contribution >= 4 is 28.6 Å². The molecule has 0 unspecified atom stereocenters. The molecule has 0 aliphatic carbocycles. The molecule has 3 N–H and O–H groups in total. The number of aromatic hydroxyl groups is 1. The Balaban J connectivity index is 2.32. The van der Waals surface area contributed by atoms with Gasteiger partial charge in [-0.15, -0.1) is 0 Å². The second-order valence-corrected chi connectivity index (χ2v) is 5.46. The van der Waals surface area contributed by atoms with Crippen LogP contribution in [0.25, 0.3) is 16.7 Å². The van der Waals surface area contributed by atoms with E-state index in [0.717, 1.165) is 0 Å². The van der Waals surface area contributed by atoms with Gasteiger partial charge in [-0.1, -0.05) is 19.1 Å². The summed E-state index contributed by atoms with van der Waals surface area (Å²) in [6.45, 7) is 1.51. The number of aryl methyl sites for hydroxylation is 1. The molecule has 0 saturated heterocycles. The van der Waals surface area contributed by atoms with Gasteiger partial charge in [0.15, 0.2) is 17.0 Å². The Morgan fingerprint density at radius 2 is 2.00 bits per heavy atom. The van der Waals surface area contributed by atoms with E-state index in [2.05, 4.69) is 10.3 Å². The number of amides is 1. The first kappa shape index (κ1) is 16.5. The van der Waals surface area contributed by atoms with Crippen LogP contribution in [0.5, 0.6) is 5.75 Å². The molecule has 0 bridgehead atoms. The van der Waals surface area contributed by atoms with E-state index in [1.807, 2.05) is 6.92 Å². The molecule has 0 aliphatic rings. The van der Waals surface area contributed by atoms with Crippen molar-refractivity contribution < 1.29 is 19.8 Å². The smallest absolute Gasteiger partial charge is 0.322 e. The van der Waals surface area contributed by atoms with Crippen molar-refractivity contribution in [3.8, 4) is 5.75 Å². The highest BCUT2D eigenvalue weighted by molar-refractivity contribution is 6.00. The summed E-state index contributed by atoms with van der Waals surface area (Å²) in [5.74, 6) is -2.78. The molecule has 3 rings (SSSR count). The lowest BCUT2D eigenvalue weighted by Gasteiger charge is -2.13. The number of fused-ring (bicyclic) bond motifs is 3. The molecule has 25 heavy (non-hydrogen) atoms. The summed E-state index contributed by atoms with van der Waals surface area (Å²) in [6, 6.07) is 7.04. The second-order valence-electron chi connectivity index (χ2n) is 5.46. The average molecular weight is 344 g/mol. The molecule has 0 fully saturated rings. The molecule has 0 spiro atoms. The third-order valence-electron chi connectivity index (χ3n) is 3.74. The highest BCUT2D eigenvalue weighted by Gasteiger charge is 2.24. The lowest BCUT2D eigenvalue weighted by molar-refractivity contribution is -0.135. The van der Waals surface area contributed by atoms with Crippen molar-refractivity contribution in [2.24, 2.45) is 0 Å². The minimum atomic E-state index is -1.26. The maximum atomic E-state index is 12.8. The predicted molar refractivity (Wildman–Crippen MR) is 88.9 cm³/mol. The zero-order valence-corrected chi connectivity index (χ0v) is 13.4. The minimum Gasteiger partial charge on any atom is -0.504 e. The van der Waals surface area contributed by atoms with Crippen LogP contribution in [0.3, 0.4) is 0 Å². The van der Waals surface area contributed by atoms with E-state index >= 15 is 0 Å². The summed E-state index contributed by atoms with van der Waals surface area (Å²) in [6.07, 6.45) is 0.614. The lowest BCUT2D eigenvalue weighted by atomic mass is 10.2. The molecule has 130 valence electrons. The molecule has 3 aromatic rings. The van der Waals surface area contributed by atoms with Crippen LogP contribution in [0.1, 0.15) is 23.7 Å². The van der Waals surface area contributed by atoms with Gasteiger partial charge in [0.2, 0.25) is 0 Å². The fourth-order valence-electron chi connectivity index (χ4n) is 2.71. The van der Waals surface area contributed by atoms with Gasteiger partial charge in [0.1, 0.15) is 6.54 Å². The maximum absolute atomic E-state index is 12.8. The van der Waals surface area contributed by atoms with Crippen LogP contribution in [0.15, 0.2) is 29.1 Å². The van der Waals surface area contributed by atoms with Crippen LogP contribution in [-0.2, 0) is 11.3 Å². The topological polar surface area (TPSA) is 126 Å². The van der Waals surface area contributed by atoms with E-state index in [9.17, 15) is 19.5 Å². The van der Waals surface area contributed by atoms with Crippen molar-refractivity contribution in [3.05, 3.63) is 40.2 Å². The van der Waals surface area contributed by atoms with Gasteiger partial charge in [0.05, 0.1) is 11.0 Å². The third-order valence-corrected chi connectivity index (χ3v) is 3.74. The Kier molecular flexibility index (Phi) is 4.14. The van der Waals surface area contributed by atoms with Crippen LogP contribution in [0, 0.1) is 0 Å². The number of carbonyl (C=O) groups is 2. The van der Waals surface area contributed by atoms with E-state index in [4.69, 9.17) is 5.11 Å². The lowest BCUT2D eigenvalue weighted by Crippen LogP contribution is -2.37. The molecular formula is C16H16N4O5. The average Bonchev–Trinajstić information content (AvgIpc) is 2.96. The van der Waals surface area contributed by atoms with E-state index in [1.165, 1.54) is 9.20 Å². The Morgan fingerprint density at radius 3 is 2.68 bits per heavy atom. The van der Waals surface area contributed by atoms with Crippen molar-refractivity contribution in [2.75, 3.05) is 6.54 Å². The largest absolute Gasteiger partial charge is 0.504 e. The van der Waals surface area contributed by atoms with Crippen molar-refractivity contribution in [1.29, 1.82) is 0 Å². The van der Waals surface area contributed by atoms with Gasteiger partial charge in [0.25, 0.3) is 11.5 Å². The number of aliphatic carboxylic acids is 1. The molecule has 2 aromatic heterocycles. The number of aromatic nitrogens is 3. The van der Waals surface area contributed by atoms with E-state index in [1.54, 1.807) is 24.3 Å². The van der Waals surface area contributed by atoms with E-state index in [-0.39, 0.29) is 5.65 Å². The van der Waals surface area contributed by atoms with Crippen molar-refractivity contribution in [3.63, 3.8) is 0 Å². The molecule has 9 heteroatoms. The first-order chi connectivity index (χ1) is 12.0. The Bertz CT molecular complexity index is 1050. The van der Waals surface area contributed by atoms with Gasteiger partial charge in [-0.05, 0) is 18.6 Å². The number of carboxylic acids is 1. The highest BCUT2D eigenvalue weighted by Crippen LogP contribution is 2.24. The van der Waals surface area contributed by atoms with Gasteiger partial charge >= 0.3 is 5.97 Å². The van der Waals surface area contributed by atoms with Crippen LogP contribution >= 0.6 is 0 Å². The van der Waals surface area contributed by atoms with Crippen LogP contribution in [-0.4, -0.2) is 42.8 Å². The number of hydrogen-bond acceptors (Lipinski definition) is 5. The van der Waals surface area contributed by atoms with E-state index in [0.29, 0.717) is 24.0 Å². The zero-order valence-electron chi connectivity index (χ0n) is 13.4. The first-order valence-corrected chi connectivity index (χ1v) is 7.69. The molecular weight excluding hydrogens is 328 g/mol. The number of rotatable bonds is 5. The normalized spacial score (nSPS) is 11.1. The van der Waals surface area contributed by atoms with E-state index < -0.39 is 35.3 Å². The Hall–Kier alpha value is -3.36. The molecule has 0 saturated carbocycles. The molecule has 0 radical (unpaired) electrons. The molecule has 2 heterocycles.